The van der Waals surface area contributed by atoms with Crippen molar-refractivity contribution in [3.8, 4) is 5.75 Å². The van der Waals surface area contributed by atoms with Crippen LogP contribution in [0.15, 0.2) is 24.3 Å². The maximum Gasteiger partial charge on any atom is 0.221 e. The molecule has 19 heavy (non-hydrogen) atoms. The molecule has 1 aliphatic heterocycles. The van der Waals surface area contributed by atoms with Crippen LogP contribution < -0.4 is 15.4 Å². The molecule has 4 nitrogen and oxygen atoms in total. The van der Waals surface area contributed by atoms with Gasteiger partial charge in [0.2, 0.25) is 5.91 Å². The van der Waals surface area contributed by atoms with Crippen LogP contribution in [0.4, 0.5) is 0 Å². The first-order chi connectivity index (χ1) is 9.24. The average Bonchev–Trinajstić information content (AvgIpc) is 2.79. The van der Waals surface area contributed by atoms with Crippen LogP contribution in [0.1, 0.15) is 30.7 Å². The molecule has 1 saturated heterocycles. The summed E-state index contributed by atoms with van der Waals surface area (Å²) in [4.78, 5) is 11.1. The third-order valence-electron chi connectivity index (χ3n) is 4.17. The molecule has 0 radical (unpaired) electrons. The zero-order valence-corrected chi connectivity index (χ0v) is 11.2. The van der Waals surface area contributed by atoms with E-state index in [1.165, 1.54) is 5.56 Å². The minimum absolute atomic E-state index is 0.170. The molecule has 1 heterocycles. The van der Waals surface area contributed by atoms with Crippen LogP contribution in [-0.4, -0.2) is 31.6 Å². The van der Waals surface area contributed by atoms with Crippen LogP contribution in [0.2, 0.25) is 0 Å². The number of hydrogen-bond acceptors (Lipinski definition) is 3. The molecule has 2 N–H and O–H groups in total. The fraction of sp³-hybridized carbons (Fsp3) is 0.533. The number of benzene rings is 1. The molecule has 1 atom stereocenters. The molecule has 102 valence electrons. The van der Waals surface area contributed by atoms with Crippen molar-refractivity contribution in [2.45, 2.75) is 37.3 Å². The number of amides is 1. The highest BCUT2D eigenvalue weighted by Gasteiger charge is 2.33. The molecule has 2 aliphatic rings. The van der Waals surface area contributed by atoms with Gasteiger partial charge in [0.25, 0.3) is 0 Å². The molecule has 1 aliphatic carbocycles. The summed E-state index contributed by atoms with van der Waals surface area (Å²) in [6, 6.07) is 9.24. The fourth-order valence-corrected chi connectivity index (χ4v) is 2.96. The topological polar surface area (TPSA) is 50.4 Å². The molecule has 0 aromatic heterocycles. The largest absolute Gasteiger partial charge is 0.497 e. The third-order valence-corrected chi connectivity index (χ3v) is 4.17. The zero-order valence-electron chi connectivity index (χ0n) is 11.2. The minimum atomic E-state index is 0.170. The van der Waals surface area contributed by atoms with Crippen molar-refractivity contribution in [2.75, 3.05) is 13.7 Å². The average molecular weight is 260 g/mol. The van der Waals surface area contributed by atoms with E-state index in [-0.39, 0.29) is 5.91 Å². The third kappa shape index (κ3) is 2.73. The Bertz CT molecular complexity index is 452. The highest BCUT2D eigenvalue weighted by Crippen LogP contribution is 2.37. The Labute approximate surface area is 113 Å². The maximum absolute atomic E-state index is 11.1. The summed E-state index contributed by atoms with van der Waals surface area (Å²) in [7, 11) is 1.69. The first-order valence-electron chi connectivity index (χ1n) is 6.91. The Morgan fingerprint density at radius 1 is 1.21 bits per heavy atom. The SMILES string of the molecule is COc1ccc(C2CC(NC3CNC(=O)C3)C2)cc1. The standard InChI is InChI=1S/C15H20N2O2/c1-19-14-4-2-10(3-5-14)11-6-12(7-11)17-13-8-15(18)16-9-13/h2-5,11-13,17H,6-9H2,1H3,(H,16,18). The number of methoxy groups -OCH3 is 1. The molecule has 1 saturated carbocycles. The Morgan fingerprint density at radius 3 is 2.53 bits per heavy atom. The van der Waals surface area contributed by atoms with E-state index in [9.17, 15) is 4.79 Å². The van der Waals surface area contributed by atoms with E-state index in [0.29, 0.717) is 24.4 Å². The quantitative estimate of drug-likeness (QED) is 0.861. The lowest BCUT2D eigenvalue weighted by Crippen LogP contribution is -2.46. The van der Waals surface area contributed by atoms with Gasteiger partial charge in [-0.15, -0.1) is 0 Å². The van der Waals surface area contributed by atoms with Crippen molar-refractivity contribution >= 4 is 5.91 Å². The summed E-state index contributed by atoms with van der Waals surface area (Å²) in [5, 5.41) is 6.42. The molecule has 2 fully saturated rings. The van der Waals surface area contributed by atoms with E-state index in [4.69, 9.17) is 4.74 Å². The number of ether oxygens (including phenoxy) is 1. The second kappa shape index (κ2) is 5.21. The van der Waals surface area contributed by atoms with Crippen molar-refractivity contribution in [1.29, 1.82) is 0 Å². The van der Waals surface area contributed by atoms with Crippen molar-refractivity contribution in [3.63, 3.8) is 0 Å². The molecule has 1 unspecified atom stereocenters. The van der Waals surface area contributed by atoms with Crippen LogP contribution >= 0.6 is 0 Å². The zero-order chi connectivity index (χ0) is 13.2. The molecule has 1 aromatic rings. The van der Waals surface area contributed by atoms with Crippen LogP contribution in [0.25, 0.3) is 0 Å². The van der Waals surface area contributed by atoms with Gasteiger partial charge in [-0.3, -0.25) is 4.79 Å². The van der Waals surface area contributed by atoms with Crippen molar-refractivity contribution in [1.82, 2.24) is 10.6 Å². The lowest BCUT2D eigenvalue weighted by molar-refractivity contribution is -0.119. The summed E-state index contributed by atoms with van der Waals surface area (Å²) in [6.45, 7) is 0.780. The van der Waals surface area contributed by atoms with Gasteiger partial charge < -0.3 is 15.4 Å². The summed E-state index contributed by atoms with van der Waals surface area (Å²) in [5.41, 5.74) is 1.39. The highest BCUT2D eigenvalue weighted by molar-refractivity contribution is 5.78. The van der Waals surface area contributed by atoms with E-state index < -0.39 is 0 Å². The number of carbonyl (C=O) groups excluding carboxylic acids is 1. The van der Waals surface area contributed by atoms with E-state index in [2.05, 4.69) is 22.8 Å². The highest BCUT2D eigenvalue weighted by atomic mass is 16.5. The van der Waals surface area contributed by atoms with Crippen LogP contribution in [0.5, 0.6) is 5.75 Å². The fourth-order valence-electron chi connectivity index (χ4n) is 2.96. The summed E-state index contributed by atoms with van der Waals surface area (Å²) in [5.74, 6) is 1.73. The number of rotatable bonds is 4. The van der Waals surface area contributed by atoms with E-state index >= 15 is 0 Å². The minimum Gasteiger partial charge on any atom is -0.497 e. The second-order valence-corrected chi connectivity index (χ2v) is 5.51. The van der Waals surface area contributed by atoms with Gasteiger partial charge in [-0.05, 0) is 36.5 Å². The van der Waals surface area contributed by atoms with Gasteiger partial charge in [0.15, 0.2) is 0 Å². The van der Waals surface area contributed by atoms with Crippen molar-refractivity contribution in [2.24, 2.45) is 0 Å². The molecule has 4 heteroatoms. The molecular weight excluding hydrogens is 240 g/mol. The monoisotopic (exact) mass is 260 g/mol. The van der Waals surface area contributed by atoms with Gasteiger partial charge in [0, 0.05) is 25.0 Å². The van der Waals surface area contributed by atoms with E-state index in [1.807, 2.05) is 12.1 Å². The number of hydrogen-bond donors (Lipinski definition) is 2. The predicted octanol–water partition coefficient (Wildman–Crippen LogP) is 1.42. The van der Waals surface area contributed by atoms with Crippen molar-refractivity contribution in [3.05, 3.63) is 29.8 Å². The van der Waals surface area contributed by atoms with Gasteiger partial charge in [0.05, 0.1) is 7.11 Å². The molecule has 3 rings (SSSR count). The second-order valence-electron chi connectivity index (χ2n) is 5.51. The van der Waals surface area contributed by atoms with Gasteiger partial charge in [0.1, 0.15) is 5.75 Å². The molecule has 1 aromatic carbocycles. The molecule has 1 amide bonds. The van der Waals surface area contributed by atoms with Crippen LogP contribution in [0.3, 0.4) is 0 Å². The van der Waals surface area contributed by atoms with E-state index in [1.54, 1.807) is 7.11 Å². The smallest absolute Gasteiger partial charge is 0.221 e. The first kappa shape index (κ1) is 12.5. The summed E-state index contributed by atoms with van der Waals surface area (Å²) < 4.78 is 5.17. The number of nitrogens with one attached hydrogen (secondary N) is 2. The Hall–Kier alpha value is -1.55. The Balaban J connectivity index is 1.48. The van der Waals surface area contributed by atoms with Crippen LogP contribution in [-0.2, 0) is 4.79 Å². The van der Waals surface area contributed by atoms with Gasteiger partial charge in [-0.2, -0.15) is 0 Å². The molecular formula is C15H20N2O2. The predicted molar refractivity (Wildman–Crippen MR) is 73.3 cm³/mol. The van der Waals surface area contributed by atoms with Gasteiger partial charge >= 0.3 is 0 Å². The van der Waals surface area contributed by atoms with Gasteiger partial charge in [-0.1, -0.05) is 12.1 Å². The Morgan fingerprint density at radius 2 is 1.95 bits per heavy atom. The Kier molecular flexibility index (Phi) is 3.42. The summed E-state index contributed by atoms with van der Waals surface area (Å²) in [6.07, 6.45) is 2.96. The normalized spacial score (nSPS) is 29.7. The summed E-state index contributed by atoms with van der Waals surface area (Å²) >= 11 is 0. The maximum atomic E-state index is 11.1. The number of carbonyl (C=O) groups is 1. The lowest BCUT2D eigenvalue weighted by Gasteiger charge is -2.38. The van der Waals surface area contributed by atoms with Crippen molar-refractivity contribution < 1.29 is 9.53 Å². The van der Waals surface area contributed by atoms with E-state index in [0.717, 1.165) is 25.1 Å². The molecule has 0 bridgehead atoms. The van der Waals surface area contributed by atoms with Crippen LogP contribution in [0, 0.1) is 0 Å². The lowest BCUT2D eigenvalue weighted by atomic mass is 9.75. The first-order valence-corrected chi connectivity index (χ1v) is 6.91. The molecule has 0 spiro atoms. The van der Waals surface area contributed by atoms with Gasteiger partial charge in [-0.25, -0.2) is 0 Å².